The summed E-state index contributed by atoms with van der Waals surface area (Å²) in [5, 5.41) is 14.5. The van der Waals surface area contributed by atoms with Crippen LogP contribution in [0.4, 0.5) is 5.82 Å². The summed E-state index contributed by atoms with van der Waals surface area (Å²) < 4.78 is 10.5. The van der Waals surface area contributed by atoms with Crippen LogP contribution in [0, 0.1) is 0 Å². The molecule has 2 N–H and O–H groups in total. The van der Waals surface area contributed by atoms with Gasteiger partial charge in [-0.1, -0.05) is 25.3 Å². The highest BCUT2D eigenvalue weighted by molar-refractivity contribution is 5.92. The predicted octanol–water partition coefficient (Wildman–Crippen LogP) is 3.21. The Kier molecular flexibility index (Phi) is 7.06. The van der Waals surface area contributed by atoms with E-state index in [9.17, 15) is 4.79 Å². The van der Waals surface area contributed by atoms with E-state index in [4.69, 9.17) is 9.47 Å². The number of aromatic nitrogens is 2. The SMILES string of the molecule is COc1ccc(CCNC(=O)c2ccc(NC3CCCCC3)nn2)cc1OC. The number of methoxy groups -OCH3 is 2. The van der Waals surface area contributed by atoms with Crippen molar-refractivity contribution in [3.63, 3.8) is 0 Å². The Morgan fingerprint density at radius 1 is 1.04 bits per heavy atom. The lowest BCUT2D eigenvalue weighted by Crippen LogP contribution is -2.27. The summed E-state index contributed by atoms with van der Waals surface area (Å²) in [6.07, 6.45) is 6.84. The molecule has 0 bridgehead atoms. The van der Waals surface area contributed by atoms with Gasteiger partial charge in [0.05, 0.1) is 14.2 Å². The summed E-state index contributed by atoms with van der Waals surface area (Å²) in [4.78, 5) is 12.3. The number of benzene rings is 1. The third-order valence-corrected chi connectivity index (χ3v) is 5.00. The smallest absolute Gasteiger partial charge is 0.271 e. The summed E-state index contributed by atoms with van der Waals surface area (Å²) in [6.45, 7) is 0.498. The fourth-order valence-electron chi connectivity index (χ4n) is 3.43. The van der Waals surface area contributed by atoms with E-state index in [2.05, 4.69) is 20.8 Å². The van der Waals surface area contributed by atoms with Gasteiger partial charge in [0.2, 0.25) is 0 Å². The van der Waals surface area contributed by atoms with Crippen molar-refractivity contribution in [2.24, 2.45) is 0 Å². The molecule has 0 atom stereocenters. The number of ether oxygens (including phenoxy) is 2. The molecule has 7 heteroatoms. The van der Waals surface area contributed by atoms with Gasteiger partial charge in [-0.05, 0) is 49.1 Å². The van der Waals surface area contributed by atoms with Gasteiger partial charge in [-0.25, -0.2) is 0 Å². The van der Waals surface area contributed by atoms with Gasteiger partial charge in [-0.3, -0.25) is 4.79 Å². The van der Waals surface area contributed by atoms with E-state index in [0.717, 1.165) is 11.4 Å². The van der Waals surface area contributed by atoms with Crippen LogP contribution in [-0.2, 0) is 6.42 Å². The summed E-state index contributed by atoms with van der Waals surface area (Å²) in [6, 6.07) is 9.73. The minimum absolute atomic E-state index is 0.225. The van der Waals surface area contributed by atoms with Crippen LogP contribution < -0.4 is 20.1 Å². The van der Waals surface area contributed by atoms with Crippen LogP contribution in [-0.4, -0.2) is 42.9 Å². The maximum atomic E-state index is 12.3. The van der Waals surface area contributed by atoms with Gasteiger partial charge < -0.3 is 20.1 Å². The van der Waals surface area contributed by atoms with E-state index in [1.165, 1.54) is 32.1 Å². The average Bonchev–Trinajstić information content (AvgIpc) is 2.74. The molecular weight excluding hydrogens is 356 g/mol. The van der Waals surface area contributed by atoms with Crippen LogP contribution in [0.3, 0.4) is 0 Å². The molecule has 0 saturated heterocycles. The number of carbonyl (C=O) groups is 1. The highest BCUT2D eigenvalue weighted by Crippen LogP contribution is 2.27. The van der Waals surface area contributed by atoms with Crippen LogP contribution in [0.1, 0.15) is 48.2 Å². The Morgan fingerprint density at radius 2 is 1.82 bits per heavy atom. The van der Waals surface area contributed by atoms with Gasteiger partial charge in [0, 0.05) is 12.6 Å². The summed E-state index contributed by atoms with van der Waals surface area (Å²) in [7, 11) is 3.21. The molecule has 1 aliphatic rings. The zero-order chi connectivity index (χ0) is 19.8. The Bertz CT molecular complexity index is 774. The van der Waals surface area contributed by atoms with Crippen molar-refractivity contribution >= 4 is 11.7 Å². The molecule has 1 aromatic carbocycles. The van der Waals surface area contributed by atoms with Gasteiger partial charge in [-0.2, -0.15) is 0 Å². The molecule has 1 aliphatic carbocycles. The molecule has 1 fully saturated rings. The first-order chi connectivity index (χ1) is 13.7. The molecule has 28 heavy (non-hydrogen) atoms. The molecule has 1 aromatic heterocycles. The number of hydrogen-bond acceptors (Lipinski definition) is 6. The monoisotopic (exact) mass is 384 g/mol. The highest BCUT2D eigenvalue weighted by atomic mass is 16.5. The quantitative estimate of drug-likeness (QED) is 0.727. The van der Waals surface area contributed by atoms with Crippen molar-refractivity contribution in [3.8, 4) is 11.5 Å². The summed E-state index contributed by atoms with van der Waals surface area (Å²) in [5.74, 6) is 1.87. The number of hydrogen-bond donors (Lipinski definition) is 2. The summed E-state index contributed by atoms with van der Waals surface area (Å²) >= 11 is 0. The lowest BCUT2D eigenvalue weighted by Gasteiger charge is -2.22. The lowest BCUT2D eigenvalue weighted by atomic mass is 9.95. The van der Waals surface area contributed by atoms with Gasteiger partial charge in [0.1, 0.15) is 5.82 Å². The third-order valence-electron chi connectivity index (χ3n) is 5.00. The number of nitrogens with one attached hydrogen (secondary N) is 2. The second-order valence-electron chi connectivity index (χ2n) is 6.98. The predicted molar refractivity (Wildman–Crippen MR) is 108 cm³/mol. The van der Waals surface area contributed by atoms with Crippen LogP contribution in [0.15, 0.2) is 30.3 Å². The normalized spacial score (nSPS) is 14.4. The lowest BCUT2D eigenvalue weighted by molar-refractivity contribution is 0.0948. The molecule has 0 spiro atoms. The number of nitrogens with zero attached hydrogens (tertiary/aromatic N) is 2. The van der Waals surface area contributed by atoms with Crippen molar-refractivity contribution in [2.75, 3.05) is 26.1 Å². The molecule has 2 aromatic rings. The molecule has 0 radical (unpaired) electrons. The van der Waals surface area contributed by atoms with Crippen LogP contribution in [0.2, 0.25) is 0 Å². The van der Waals surface area contributed by atoms with Gasteiger partial charge in [0.25, 0.3) is 5.91 Å². The highest BCUT2D eigenvalue weighted by Gasteiger charge is 2.14. The standard InChI is InChI=1S/C21H28N4O3/c1-27-18-10-8-15(14-19(18)28-2)12-13-22-21(26)17-9-11-20(25-24-17)23-16-6-4-3-5-7-16/h8-11,14,16H,3-7,12-13H2,1-2H3,(H,22,26)(H,23,25). The third kappa shape index (κ3) is 5.34. The van der Waals surface area contributed by atoms with Crippen molar-refractivity contribution in [1.29, 1.82) is 0 Å². The van der Waals surface area contributed by atoms with Gasteiger partial charge in [-0.15, -0.1) is 10.2 Å². The first kappa shape index (κ1) is 19.9. The zero-order valence-electron chi connectivity index (χ0n) is 16.5. The first-order valence-corrected chi connectivity index (χ1v) is 9.79. The second kappa shape index (κ2) is 9.92. The first-order valence-electron chi connectivity index (χ1n) is 9.79. The van der Waals surface area contributed by atoms with Crippen molar-refractivity contribution < 1.29 is 14.3 Å². The average molecular weight is 384 g/mol. The van der Waals surface area contributed by atoms with Crippen LogP contribution in [0.5, 0.6) is 11.5 Å². The number of rotatable bonds is 8. The van der Waals surface area contributed by atoms with E-state index < -0.39 is 0 Å². The zero-order valence-corrected chi connectivity index (χ0v) is 16.5. The van der Waals surface area contributed by atoms with Crippen LogP contribution >= 0.6 is 0 Å². The number of carbonyl (C=O) groups excluding carboxylic acids is 1. The maximum absolute atomic E-state index is 12.3. The fraction of sp³-hybridized carbons (Fsp3) is 0.476. The minimum Gasteiger partial charge on any atom is -0.493 e. The molecule has 150 valence electrons. The molecule has 3 rings (SSSR count). The molecule has 7 nitrogen and oxygen atoms in total. The Morgan fingerprint density at radius 3 is 2.50 bits per heavy atom. The minimum atomic E-state index is -0.225. The Labute approximate surface area is 165 Å². The largest absolute Gasteiger partial charge is 0.493 e. The molecule has 1 saturated carbocycles. The molecular formula is C21H28N4O3. The number of anilines is 1. The van der Waals surface area contributed by atoms with Crippen molar-refractivity contribution in [1.82, 2.24) is 15.5 Å². The van der Waals surface area contributed by atoms with Crippen molar-refractivity contribution in [3.05, 3.63) is 41.6 Å². The van der Waals surface area contributed by atoms with E-state index >= 15 is 0 Å². The van der Waals surface area contributed by atoms with E-state index in [1.807, 2.05) is 24.3 Å². The second-order valence-corrected chi connectivity index (χ2v) is 6.98. The topological polar surface area (TPSA) is 85.4 Å². The molecule has 0 aliphatic heterocycles. The van der Waals surface area contributed by atoms with E-state index in [-0.39, 0.29) is 5.91 Å². The van der Waals surface area contributed by atoms with Gasteiger partial charge >= 0.3 is 0 Å². The molecule has 1 amide bonds. The van der Waals surface area contributed by atoms with E-state index in [0.29, 0.717) is 36.2 Å². The van der Waals surface area contributed by atoms with Crippen molar-refractivity contribution in [2.45, 2.75) is 44.6 Å². The van der Waals surface area contributed by atoms with Crippen LogP contribution in [0.25, 0.3) is 0 Å². The number of amides is 1. The van der Waals surface area contributed by atoms with Gasteiger partial charge in [0.15, 0.2) is 17.2 Å². The Balaban J connectivity index is 1.48. The Hall–Kier alpha value is -2.83. The van der Waals surface area contributed by atoms with E-state index in [1.54, 1.807) is 20.3 Å². The fourth-order valence-corrected chi connectivity index (χ4v) is 3.43. The molecule has 0 unspecified atom stereocenters. The summed E-state index contributed by atoms with van der Waals surface area (Å²) in [5.41, 5.74) is 1.37. The maximum Gasteiger partial charge on any atom is 0.271 e. The molecule has 1 heterocycles.